The number of para-hydroxylation sites is 2. The molecule has 1 amide bonds. The molecule has 0 fully saturated rings. The predicted molar refractivity (Wildman–Crippen MR) is 106 cm³/mol. The van der Waals surface area contributed by atoms with Crippen molar-refractivity contribution in [3.05, 3.63) is 59.7 Å². The van der Waals surface area contributed by atoms with Crippen LogP contribution in [0.3, 0.4) is 0 Å². The number of amides is 1. The Morgan fingerprint density at radius 2 is 1.93 bits per heavy atom. The number of benzene rings is 2. The Hall–Kier alpha value is -2.80. The number of ether oxygens (including phenoxy) is 1. The van der Waals surface area contributed by atoms with Gasteiger partial charge in [-0.1, -0.05) is 36.0 Å². The molecule has 0 spiro atoms. The largest absolute Gasteiger partial charge is 0.469 e. The van der Waals surface area contributed by atoms with Gasteiger partial charge in [-0.15, -0.1) is 0 Å². The van der Waals surface area contributed by atoms with E-state index in [2.05, 4.69) is 20.0 Å². The summed E-state index contributed by atoms with van der Waals surface area (Å²) in [5.74, 6) is 0.354. The molecule has 0 radical (unpaired) electrons. The summed E-state index contributed by atoms with van der Waals surface area (Å²) in [4.78, 5) is 31.0. The fourth-order valence-corrected chi connectivity index (χ4v) is 3.38. The number of aromatic amines is 1. The van der Waals surface area contributed by atoms with Gasteiger partial charge >= 0.3 is 5.97 Å². The molecule has 0 aliphatic carbocycles. The number of esters is 1. The molecule has 0 atom stereocenters. The van der Waals surface area contributed by atoms with Gasteiger partial charge in [-0.05, 0) is 36.2 Å². The van der Waals surface area contributed by atoms with Crippen LogP contribution in [0.15, 0.2) is 53.7 Å². The van der Waals surface area contributed by atoms with E-state index in [1.807, 2.05) is 48.5 Å². The summed E-state index contributed by atoms with van der Waals surface area (Å²) in [6, 6.07) is 15.4. The summed E-state index contributed by atoms with van der Waals surface area (Å²) in [6.45, 7) is 0.442. The van der Waals surface area contributed by atoms with E-state index in [0.29, 0.717) is 24.9 Å². The van der Waals surface area contributed by atoms with Crippen molar-refractivity contribution in [2.45, 2.75) is 23.8 Å². The van der Waals surface area contributed by atoms with Gasteiger partial charge in [-0.2, -0.15) is 0 Å². The minimum atomic E-state index is -0.268. The van der Waals surface area contributed by atoms with Crippen molar-refractivity contribution in [1.29, 1.82) is 0 Å². The average Bonchev–Trinajstić information content (AvgIpc) is 3.12. The van der Waals surface area contributed by atoms with Crippen LogP contribution >= 0.6 is 11.8 Å². The Morgan fingerprint density at radius 3 is 2.67 bits per heavy atom. The molecule has 0 aliphatic rings. The fraction of sp³-hybridized carbons (Fsp3) is 0.250. The molecule has 6 nitrogen and oxygen atoms in total. The Kier molecular flexibility index (Phi) is 6.49. The number of fused-ring (bicyclic) bond motifs is 1. The number of aromatic nitrogens is 2. The maximum atomic E-state index is 12.1. The minimum absolute atomic E-state index is 0.142. The van der Waals surface area contributed by atoms with Crippen molar-refractivity contribution >= 4 is 34.7 Å². The lowest BCUT2D eigenvalue weighted by molar-refractivity contribution is -0.140. The lowest BCUT2D eigenvalue weighted by Crippen LogP contribution is -2.24. The fourth-order valence-electron chi connectivity index (χ4n) is 2.54. The Morgan fingerprint density at radius 1 is 1.15 bits per heavy atom. The molecule has 1 aromatic heterocycles. The molecule has 3 rings (SSSR count). The number of imidazole rings is 1. The molecule has 0 bridgehead atoms. The highest BCUT2D eigenvalue weighted by molar-refractivity contribution is 7.98. The topological polar surface area (TPSA) is 84.1 Å². The second-order valence-corrected chi connectivity index (χ2v) is 6.94. The molecule has 7 heteroatoms. The Bertz CT molecular complexity index is 889. The molecule has 2 N–H and O–H groups in total. The molecule has 1 heterocycles. The van der Waals surface area contributed by atoms with Gasteiger partial charge in [0, 0.05) is 24.3 Å². The van der Waals surface area contributed by atoms with E-state index in [0.717, 1.165) is 27.5 Å². The lowest BCUT2D eigenvalue weighted by atomic mass is 10.1. The molecule has 3 aromatic rings. The molecule has 0 aliphatic heterocycles. The van der Waals surface area contributed by atoms with Gasteiger partial charge in [0.1, 0.15) is 0 Å². The van der Waals surface area contributed by atoms with Crippen LogP contribution in [0.25, 0.3) is 11.0 Å². The number of hydrogen-bond acceptors (Lipinski definition) is 5. The monoisotopic (exact) mass is 383 g/mol. The second-order valence-electron chi connectivity index (χ2n) is 5.98. The molecular weight excluding hydrogens is 362 g/mol. The van der Waals surface area contributed by atoms with Crippen LogP contribution in [0.1, 0.15) is 28.8 Å². The summed E-state index contributed by atoms with van der Waals surface area (Å²) in [5.41, 5.74) is 3.70. The van der Waals surface area contributed by atoms with Gasteiger partial charge in [0.2, 0.25) is 0 Å². The van der Waals surface area contributed by atoms with Gasteiger partial charge in [-0.25, -0.2) is 4.98 Å². The van der Waals surface area contributed by atoms with Gasteiger partial charge in [-0.3, -0.25) is 9.59 Å². The normalized spacial score (nSPS) is 10.7. The Labute approximate surface area is 161 Å². The molecule has 27 heavy (non-hydrogen) atoms. The van der Waals surface area contributed by atoms with E-state index in [4.69, 9.17) is 0 Å². The first-order valence-corrected chi connectivity index (χ1v) is 9.66. The number of nitrogens with zero attached hydrogens (tertiary/aromatic N) is 1. The summed E-state index contributed by atoms with van der Waals surface area (Å²) >= 11 is 1.62. The zero-order chi connectivity index (χ0) is 19.1. The van der Waals surface area contributed by atoms with E-state index in [1.165, 1.54) is 7.11 Å². The third kappa shape index (κ3) is 5.34. The van der Waals surface area contributed by atoms with Crippen molar-refractivity contribution in [1.82, 2.24) is 15.3 Å². The summed E-state index contributed by atoms with van der Waals surface area (Å²) < 4.78 is 4.57. The highest BCUT2D eigenvalue weighted by Gasteiger charge is 2.07. The van der Waals surface area contributed by atoms with Crippen LogP contribution in [0.5, 0.6) is 0 Å². The summed E-state index contributed by atoms with van der Waals surface area (Å²) in [7, 11) is 1.36. The first-order valence-electron chi connectivity index (χ1n) is 8.67. The van der Waals surface area contributed by atoms with Crippen molar-refractivity contribution in [2.24, 2.45) is 0 Å². The maximum absolute atomic E-state index is 12.1. The lowest BCUT2D eigenvalue weighted by Gasteiger charge is -2.06. The van der Waals surface area contributed by atoms with Crippen molar-refractivity contribution < 1.29 is 14.3 Å². The Balaban J connectivity index is 1.48. The summed E-state index contributed by atoms with van der Waals surface area (Å²) in [5, 5.41) is 3.68. The third-order valence-electron chi connectivity index (χ3n) is 4.03. The molecule has 0 unspecified atom stereocenters. The number of thioether (sulfide) groups is 1. The van der Waals surface area contributed by atoms with E-state index in [1.54, 1.807) is 11.8 Å². The predicted octanol–water partition coefficient (Wildman–Crippen LogP) is 3.54. The first-order chi connectivity index (χ1) is 13.2. The SMILES string of the molecule is COC(=O)CCCNC(=O)c1ccc(CSc2nc3ccccc3[nH]2)cc1. The first kappa shape index (κ1) is 19.0. The highest BCUT2D eigenvalue weighted by atomic mass is 32.2. The van der Waals surface area contributed by atoms with E-state index >= 15 is 0 Å². The molecule has 140 valence electrons. The highest BCUT2D eigenvalue weighted by Crippen LogP contribution is 2.23. The van der Waals surface area contributed by atoms with Gasteiger partial charge < -0.3 is 15.0 Å². The van der Waals surface area contributed by atoms with Crippen molar-refractivity contribution in [3.8, 4) is 0 Å². The van der Waals surface area contributed by atoms with E-state index < -0.39 is 0 Å². The zero-order valence-electron chi connectivity index (χ0n) is 15.0. The van der Waals surface area contributed by atoms with Crippen LogP contribution in [-0.2, 0) is 15.3 Å². The number of rotatable bonds is 8. The number of nitrogens with one attached hydrogen (secondary N) is 2. The van der Waals surface area contributed by atoms with Gasteiger partial charge in [0.15, 0.2) is 5.16 Å². The maximum Gasteiger partial charge on any atom is 0.305 e. The molecule has 0 saturated carbocycles. The number of H-pyrrole nitrogens is 1. The van der Waals surface area contributed by atoms with Gasteiger partial charge in [0.05, 0.1) is 18.1 Å². The molecule has 0 saturated heterocycles. The van der Waals surface area contributed by atoms with Gasteiger partial charge in [0.25, 0.3) is 5.91 Å². The van der Waals surface area contributed by atoms with Crippen LogP contribution in [0.2, 0.25) is 0 Å². The van der Waals surface area contributed by atoms with E-state index in [9.17, 15) is 9.59 Å². The van der Waals surface area contributed by atoms with Crippen molar-refractivity contribution in [3.63, 3.8) is 0 Å². The van der Waals surface area contributed by atoms with Crippen LogP contribution in [-0.4, -0.2) is 35.5 Å². The van der Waals surface area contributed by atoms with Crippen molar-refractivity contribution in [2.75, 3.05) is 13.7 Å². The van der Waals surface area contributed by atoms with E-state index in [-0.39, 0.29) is 11.9 Å². The standard InChI is InChI=1S/C20H21N3O3S/c1-26-18(24)7-4-12-21-19(25)15-10-8-14(9-11-15)13-27-20-22-16-5-2-3-6-17(16)23-20/h2-3,5-6,8-11H,4,7,12-13H2,1H3,(H,21,25)(H,22,23). The molecule has 2 aromatic carbocycles. The minimum Gasteiger partial charge on any atom is -0.469 e. The number of methoxy groups -OCH3 is 1. The number of carbonyl (C=O) groups excluding carboxylic acids is 2. The quantitative estimate of drug-likeness (QED) is 0.353. The molecular formula is C20H21N3O3S. The van der Waals surface area contributed by atoms with Crippen LogP contribution in [0, 0.1) is 0 Å². The van der Waals surface area contributed by atoms with Crippen LogP contribution in [0.4, 0.5) is 0 Å². The third-order valence-corrected chi connectivity index (χ3v) is 4.97. The summed E-state index contributed by atoms with van der Waals surface area (Å²) in [6.07, 6.45) is 0.860. The average molecular weight is 383 g/mol. The second kappa shape index (κ2) is 9.23. The number of hydrogen-bond donors (Lipinski definition) is 2. The smallest absolute Gasteiger partial charge is 0.305 e. The zero-order valence-corrected chi connectivity index (χ0v) is 15.8. The number of carbonyl (C=O) groups is 2. The van der Waals surface area contributed by atoms with Crippen LogP contribution < -0.4 is 5.32 Å².